The maximum absolute atomic E-state index is 3.22. The zero-order valence-corrected chi connectivity index (χ0v) is 7.98. The van der Waals surface area contributed by atoms with Crippen molar-refractivity contribution in [3.8, 4) is 0 Å². The number of hydrogen-bond donors (Lipinski definition) is 1. The first-order chi connectivity index (χ1) is 5.16. The van der Waals surface area contributed by atoms with Gasteiger partial charge in [0.25, 0.3) is 0 Å². The van der Waals surface area contributed by atoms with Gasteiger partial charge in [-0.2, -0.15) is 0 Å². The van der Waals surface area contributed by atoms with E-state index in [1.165, 1.54) is 25.9 Å². The van der Waals surface area contributed by atoms with Gasteiger partial charge in [-0.15, -0.1) is 0 Å². The van der Waals surface area contributed by atoms with Gasteiger partial charge in [-0.05, 0) is 45.4 Å². The third kappa shape index (κ3) is 2.46. The van der Waals surface area contributed by atoms with Crippen molar-refractivity contribution in [1.82, 2.24) is 10.2 Å². The maximum Gasteiger partial charge on any atom is 0.00332 e. The number of likely N-dealkylation sites (tertiary alicyclic amines) is 1. The summed E-state index contributed by atoms with van der Waals surface area (Å²) in [5.41, 5.74) is 0.581. The summed E-state index contributed by atoms with van der Waals surface area (Å²) in [6.07, 6.45) is 2.68. The zero-order valence-electron chi connectivity index (χ0n) is 7.98. The van der Waals surface area contributed by atoms with Crippen molar-refractivity contribution < 1.29 is 0 Å². The minimum absolute atomic E-state index is 0.581. The molecule has 1 N–H and O–H groups in total. The van der Waals surface area contributed by atoms with E-state index >= 15 is 0 Å². The predicted octanol–water partition coefficient (Wildman–Crippen LogP) is 0.938. The second-order valence-corrected chi connectivity index (χ2v) is 4.15. The third-order valence-electron chi connectivity index (χ3n) is 2.73. The summed E-state index contributed by atoms with van der Waals surface area (Å²) in [6.45, 7) is 6.10. The third-order valence-corrected chi connectivity index (χ3v) is 2.73. The van der Waals surface area contributed by atoms with E-state index in [-0.39, 0.29) is 0 Å². The van der Waals surface area contributed by atoms with Crippen molar-refractivity contribution in [1.29, 1.82) is 0 Å². The van der Waals surface area contributed by atoms with E-state index in [1.54, 1.807) is 0 Å². The Hall–Kier alpha value is -0.0800. The fraction of sp³-hybridized carbons (Fsp3) is 1.00. The molecule has 2 heteroatoms. The van der Waals surface area contributed by atoms with Crippen LogP contribution in [0, 0.1) is 5.41 Å². The van der Waals surface area contributed by atoms with Gasteiger partial charge in [0.15, 0.2) is 0 Å². The summed E-state index contributed by atoms with van der Waals surface area (Å²) >= 11 is 0. The van der Waals surface area contributed by atoms with E-state index in [2.05, 4.69) is 24.2 Å². The molecule has 0 spiro atoms. The van der Waals surface area contributed by atoms with Crippen LogP contribution in [0.1, 0.15) is 19.8 Å². The van der Waals surface area contributed by atoms with Crippen molar-refractivity contribution in [2.75, 3.05) is 33.7 Å². The van der Waals surface area contributed by atoms with Gasteiger partial charge in [-0.25, -0.2) is 0 Å². The van der Waals surface area contributed by atoms with Crippen LogP contribution in [-0.4, -0.2) is 38.6 Å². The van der Waals surface area contributed by atoms with Crippen LogP contribution in [0.25, 0.3) is 0 Å². The summed E-state index contributed by atoms with van der Waals surface area (Å²) in [5, 5.41) is 3.22. The number of hydrogen-bond acceptors (Lipinski definition) is 2. The molecule has 0 aromatic heterocycles. The van der Waals surface area contributed by atoms with Crippen LogP contribution < -0.4 is 5.32 Å². The standard InChI is InChI=1S/C9H20N2/c1-9(4-6-10-2)5-7-11(3)8-9/h10H,4-8H2,1-3H3/t9-/m0/s1. The van der Waals surface area contributed by atoms with Gasteiger partial charge in [0.1, 0.15) is 0 Å². The highest BCUT2D eigenvalue weighted by atomic mass is 15.1. The monoisotopic (exact) mass is 156 g/mol. The quantitative estimate of drug-likeness (QED) is 0.654. The fourth-order valence-electron chi connectivity index (χ4n) is 1.90. The molecule has 1 fully saturated rings. The molecule has 1 aliphatic heterocycles. The Morgan fingerprint density at radius 3 is 2.73 bits per heavy atom. The predicted molar refractivity (Wildman–Crippen MR) is 48.8 cm³/mol. The van der Waals surface area contributed by atoms with Crippen LogP contribution in [0.2, 0.25) is 0 Å². The van der Waals surface area contributed by atoms with Crippen molar-refractivity contribution in [2.24, 2.45) is 5.41 Å². The highest BCUT2D eigenvalue weighted by molar-refractivity contribution is 4.84. The molecular formula is C9H20N2. The molecule has 1 saturated heterocycles. The van der Waals surface area contributed by atoms with E-state index in [4.69, 9.17) is 0 Å². The summed E-state index contributed by atoms with van der Waals surface area (Å²) in [7, 11) is 4.24. The van der Waals surface area contributed by atoms with Gasteiger partial charge in [0.05, 0.1) is 0 Å². The van der Waals surface area contributed by atoms with Crippen LogP contribution in [0.3, 0.4) is 0 Å². The first-order valence-corrected chi connectivity index (χ1v) is 4.49. The van der Waals surface area contributed by atoms with Gasteiger partial charge in [0, 0.05) is 6.54 Å². The van der Waals surface area contributed by atoms with Crippen LogP contribution >= 0.6 is 0 Å². The van der Waals surface area contributed by atoms with Gasteiger partial charge < -0.3 is 10.2 Å². The molecule has 0 aromatic carbocycles. The molecule has 1 rings (SSSR count). The molecule has 1 heterocycles. The molecule has 0 radical (unpaired) electrons. The normalized spacial score (nSPS) is 33.0. The lowest BCUT2D eigenvalue weighted by Crippen LogP contribution is -2.25. The summed E-state index contributed by atoms with van der Waals surface area (Å²) in [4.78, 5) is 2.43. The minimum Gasteiger partial charge on any atom is -0.320 e. The molecule has 11 heavy (non-hydrogen) atoms. The first-order valence-electron chi connectivity index (χ1n) is 4.49. The van der Waals surface area contributed by atoms with Crippen LogP contribution in [-0.2, 0) is 0 Å². The molecule has 0 amide bonds. The molecule has 0 bridgehead atoms. The maximum atomic E-state index is 3.22. The fourth-order valence-corrected chi connectivity index (χ4v) is 1.90. The van der Waals surface area contributed by atoms with E-state index in [9.17, 15) is 0 Å². The average Bonchev–Trinajstić information content (AvgIpc) is 2.28. The lowest BCUT2D eigenvalue weighted by Gasteiger charge is -2.23. The van der Waals surface area contributed by atoms with Gasteiger partial charge >= 0.3 is 0 Å². The Morgan fingerprint density at radius 1 is 1.55 bits per heavy atom. The van der Waals surface area contributed by atoms with E-state index in [0.717, 1.165) is 6.54 Å². The average molecular weight is 156 g/mol. The van der Waals surface area contributed by atoms with Crippen LogP contribution in [0.15, 0.2) is 0 Å². The van der Waals surface area contributed by atoms with Crippen molar-refractivity contribution in [2.45, 2.75) is 19.8 Å². The summed E-state index contributed by atoms with van der Waals surface area (Å²) < 4.78 is 0. The summed E-state index contributed by atoms with van der Waals surface area (Å²) in [6, 6.07) is 0. The molecule has 0 saturated carbocycles. The van der Waals surface area contributed by atoms with Crippen molar-refractivity contribution in [3.63, 3.8) is 0 Å². The highest BCUT2D eigenvalue weighted by Crippen LogP contribution is 2.31. The molecule has 2 nitrogen and oxygen atoms in total. The second kappa shape index (κ2) is 3.55. The largest absolute Gasteiger partial charge is 0.320 e. The van der Waals surface area contributed by atoms with E-state index < -0.39 is 0 Å². The van der Waals surface area contributed by atoms with E-state index in [0.29, 0.717) is 5.41 Å². The topological polar surface area (TPSA) is 15.3 Å². The Bertz CT molecular complexity index is 125. The molecule has 0 aromatic rings. The second-order valence-electron chi connectivity index (χ2n) is 4.15. The number of nitrogens with one attached hydrogen (secondary N) is 1. The molecule has 1 atom stereocenters. The van der Waals surface area contributed by atoms with Gasteiger partial charge in [-0.1, -0.05) is 6.92 Å². The molecule has 0 unspecified atom stereocenters. The highest BCUT2D eigenvalue weighted by Gasteiger charge is 2.30. The Labute approximate surface area is 70.0 Å². The molecule has 66 valence electrons. The first kappa shape index (κ1) is 9.01. The van der Waals surface area contributed by atoms with Gasteiger partial charge in [-0.3, -0.25) is 0 Å². The van der Waals surface area contributed by atoms with Gasteiger partial charge in [0.2, 0.25) is 0 Å². The Kier molecular flexibility index (Phi) is 2.90. The lowest BCUT2D eigenvalue weighted by molar-refractivity contribution is 0.288. The molecule has 0 aliphatic carbocycles. The van der Waals surface area contributed by atoms with Crippen molar-refractivity contribution >= 4 is 0 Å². The summed E-state index contributed by atoms with van der Waals surface area (Å²) in [5.74, 6) is 0. The Morgan fingerprint density at radius 2 is 2.27 bits per heavy atom. The zero-order chi connectivity index (χ0) is 8.32. The lowest BCUT2D eigenvalue weighted by atomic mass is 9.86. The van der Waals surface area contributed by atoms with Crippen molar-refractivity contribution in [3.05, 3.63) is 0 Å². The van der Waals surface area contributed by atoms with Crippen LogP contribution in [0.5, 0.6) is 0 Å². The molecular weight excluding hydrogens is 136 g/mol. The SMILES string of the molecule is CNCC[C@@]1(C)CCN(C)C1. The smallest absolute Gasteiger partial charge is 0.00332 e. The minimum atomic E-state index is 0.581. The van der Waals surface area contributed by atoms with Crippen LogP contribution in [0.4, 0.5) is 0 Å². The van der Waals surface area contributed by atoms with E-state index in [1.807, 2.05) is 7.05 Å². The Balaban J connectivity index is 2.29. The number of rotatable bonds is 3. The number of nitrogens with zero attached hydrogens (tertiary/aromatic N) is 1. The molecule has 1 aliphatic rings.